The van der Waals surface area contributed by atoms with Gasteiger partial charge in [-0.15, -0.1) is 0 Å². The minimum atomic E-state index is 0.686. The summed E-state index contributed by atoms with van der Waals surface area (Å²) in [6.07, 6.45) is 2.72. The van der Waals surface area contributed by atoms with Crippen LogP contribution in [0.3, 0.4) is 0 Å². The van der Waals surface area contributed by atoms with E-state index < -0.39 is 0 Å². The lowest BCUT2D eigenvalue weighted by molar-refractivity contribution is 0.130. The number of hydrogen-bond donors (Lipinski definition) is 0. The van der Waals surface area contributed by atoms with Crippen molar-refractivity contribution >= 4 is 0 Å². The Morgan fingerprint density at radius 2 is 0.963 bits per heavy atom. The first-order valence-electron chi connectivity index (χ1n) is 9.90. The lowest BCUT2D eigenvalue weighted by atomic mass is 10.0. The minimum absolute atomic E-state index is 0.686. The second-order valence-electron chi connectivity index (χ2n) is 6.26. The van der Waals surface area contributed by atoms with Crippen molar-refractivity contribution in [2.45, 2.75) is 33.1 Å². The molecule has 0 N–H and O–H groups in total. The summed E-state index contributed by atoms with van der Waals surface area (Å²) in [7, 11) is 0. The molecular weight excluding hydrogens is 340 g/mol. The van der Waals surface area contributed by atoms with Crippen molar-refractivity contribution in [1.29, 1.82) is 0 Å². The molecule has 0 aliphatic rings. The van der Waals surface area contributed by atoms with Gasteiger partial charge in [0.25, 0.3) is 0 Å². The van der Waals surface area contributed by atoms with Gasteiger partial charge in [0.1, 0.15) is 11.5 Å². The van der Waals surface area contributed by atoms with Crippen LogP contribution in [-0.4, -0.2) is 39.6 Å². The largest absolute Gasteiger partial charge is 0.494 e. The van der Waals surface area contributed by atoms with Crippen molar-refractivity contribution in [3.63, 3.8) is 0 Å². The Morgan fingerprint density at radius 1 is 0.556 bits per heavy atom. The SMILES string of the molecule is CCOCCCOc1ccc(Cc2ccc(OCCCOCC)cc2)cc1. The van der Waals surface area contributed by atoms with E-state index in [1.807, 2.05) is 38.1 Å². The van der Waals surface area contributed by atoms with Crippen LogP contribution in [-0.2, 0) is 15.9 Å². The zero-order chi connectivity index (χ0) is 19.2. The molecule has 0 spiro atoms. The highest BCUT2D eigenvalue weighted by Crippen LogP contribution is 2.18. The summed E-state index contributed by atoms with van der Waals surface area (Å²) in [6.45, 7) is 8.40. The topological polar surface area (TPSA) is 36.9 Å². The van der Waals surface area contributed by atoms with Crippen molar-refractivity contribution in [2.75, 3.05) is 39.6 Å². The molecule has 27 heavy (non-hydrogen) atoms. The Kier molecular flexibility index (Phi) is 10.4. The van der Waals surface area contributed by atoms with Gasteiger partial charge in [-0.3, -0.25) is 0 Å². The van der Waals surface area contributed by atoms with E-state index >= 15 is 0 Å². The van der Waals surface area contributed by atoms with E-state index in [2.05, 4.69) is 24.3 Å². The molecule has 0 fully saturated rings. The van der Waals surface area contributed by atoms with Crippen LogP contribution in [0.15, 0.2) is 48.5 Å². The van der Waals surface area contributed by atoms with Crippen LogP contribution in [0.4, 0.5) is 0 Å². The Labute approximate surface area is 163 Å². The van der Waals surface area contributed by atoms with E-state index in [9.17, 15) is 0 Å². The number of ether oxygens (including phenoxy) is 4. The van der Waals surface area contributed by atoms with Crippen LogP contribution in [0.2, 0.25) is 0 Å². The molecular formula is C23H32O4. The van der Waals surface area contributed by atoms with Gasteiger partial charge in [0.15, 0.2) is 0 Å². The van der Waals surface area contributed by atoms with Gasteiger partial charge in [-0.2, -0.15) is 0 Å². The van der Waals surface area contributed by atoms with E-state index in [4.69, 9.17) is 18.9 Å². The maximum Gasteiger partial charge on any atom is 0.119 e. The summed E-state index contributed by atoms with van der Waals surface area (Å²) in [4.78, 5) is 0. The summed E-state index contributed by atoms with van der Waals surface area (Å²) in [5.41, 5.74) is 2.53. The Bertz CT molecular complexity index is 552. The Morgan fingerprint density at radius 3 is 1.33 bits per heavy atom. The third-order valence-electron chi connectivity index (χ3n) is 4.07. The summed E-state index contributed by atoms with van der Waals surface area (Å²) in [5, 5.41) is 0. The van der Waals surface area contributed by atoms with Gasteiger partial charge < -0.3 is 18.9 Å². The molecule has 0 aliphatic carbocycles. The lowest BCUT2D eigenvalue weighted by Gasteiger charge is -2.09. The smallest absolute Gasteiger partial charge is 0.119 e. The molecule has 4 heteroatoms. The summed E-state index contributed by atoms with van der Waals surface area (Å²) in [5.74, 6) is 1.82. The van der Waals surface area contributed by atoms with Crippen molar-refractivity contribution in [1.82, 2.24) is 0 Å². The molecule has 0 radical (unpaired) electrons. The molecule has 4 nitrogen and oxygen atoms in total. The van der Waals surface area contributed by atoms with E-state index in [0.29, 0.717) is 13.2 Å². The molecule has 148 valence electrons. The molecule has 2 aromatic rings. The highest BCUT2D eigenvalue weighted by atomic mass is 16.5. The first-order valence-corrected chi connectivity index (χ1v) is 9.90. The normalized spacial score (nSPS) is 10.7. The number of rotatable bonds is 14. The van der Waals surface area contributed by atoms with Gasteiger partial charge >= 0.3 is 0 Å². The van der Waals surface area contributed by atoms with E-state index in [0.717, 1.165) is 57.2 Å². The Balaban J connectivity index is 1.71. The fourth-order valence-corrected chi connectivity index (χ4v) is 2.63. The van der Waals surface area contributed by atoms with Crippen LogP contribution < -0.4 is 9.47 Å². The molecule has 0 aromatic heterocycles. The zero-order valence-electron chi connectivity index (χ0n) is 16.6. The van der Waals surface area contributed by atoms with Gasteiger partial charge in [0.05, 0.1) is 13.2 Å². The van der Waals surface area contributed by atoms with E-state index in [1.54, 1.807) is 0 Å². The van der Waals surface area contributed by atoms with Crippen molar-refractivity contribution in [2.24, 2.45) is 0 Å². The minimum Gasteiger partial charge on any atom is -0.494 e. The second kappa shape index (κ2) is 13.2. The molecule has 0 heterocycles. The van der Waals surface area contributed by atoms with Crippen LogP contribution >= 0.6 is 0 Å². The second-order valence-corrected chi connectivity index (χ2v) is 6.26. The molecule has 0 unspecified atom stereocenters. The average Bonchev–Trinajstić information content (AvgIpc) is 2.70. The van der Waals surface area contributed by atoms with Gasteiger partial charge in [0, 0.05) is 39.3 Å². The molecule has 0 aliphatic heterocycles. The van der Waals surface area contributed by atoms with Crippen molar-refractivity contribution in [3.8, 4) is 11.5 Å². The molecule has 2 rings (SSSR count). The third kappa shape index (κ3) is 8.94. The standard InChI is InChI=1S/C23H32O4/c1-3-24-15-5-17-26-22-11-7-20(8-12-22)19-21-9-13-23(14-10-21)27-18-6-16-25-4-2/h7-14H,3-6,15-19H2,1-2H3. The summed E-state index contributed by atoms with van der Waals surface area (Å²) < 4.78 is 22.1. The van der Waals surface area contributed by atoms with E-state index in [1.165, 1.54) is 11.1 Å². The maximum atomic E-state index is 5.73. The quantitative estimate of drug-likeness (QED) is 0.443. The number of benzene rings is 2. The van der Waals surface area contributed by atoms with Crippen LogP contribution in [0.25, 0.3) is 0 Å². The number of hydrogen-bond acceptors (Lipinski definition) is 4. The fraction of sp³-hybridized carbons (Fsp3) is 0.478. The summed E-state index contributed by atoms with van der Waals surface area (Å²) >= 11 is 0. The molecule has 0 bridgehead atoms. The summed E-state index contributed by atoms with van der Waals surface area (Å²) in [6, 6.07) is 16.6. The molecule has 0 atom stereocenters. The molecule has 0 saturated carbocycles. The maximum absolute atomic E-state index is 5.73. The highest BCUT2D eigenvalue weighted by molar-refractivity contribution is 5.34. The van der Waals surface area contributed by atoms with E-state index in [-0.39, 0.29) is 0 Å². The molecule has 2 aromatic carbocycles. The fourth-order valence-electron chi connectivity index (χ4n) is 2.63. The van der Waals surface area contributed by atoms with Crippen LogP contribution in [0.5, 0.6) is 11.5 Å². The van der Waals surface area contributed by atoms with Crippen molar-refractivity contribution < 1.29 is 18.9 Å². The molecule has 0 amide bonds. The van der Waals surface area contributed by atoms with Crippen LogP contribution in [0.1, 0.15) is 37.8 Å². The predicted molar refractivity (Wildman–Crippen MR) is 109 cm³/mol. The van der Waals surface area contributed by atoms with Crippen LogP contribution in [0, 0.1) is 0 Å². The Hall–Kier alpha value is -2.04. The third-order valence-corrected chi connectivity index (χ3v) is 4.07. The zero-order valence-corrected chi connectivity index (χ0v) is 16.6. The van der Waals surface area contributed by atoms with Crippen molar-refractivity contribution in [3.05, 3.63) is 59.7 Å². The first kappa shape index (κ1) is 21.3. The van der Waals surface area contributed by atoms with Gasteiger partial charge in [-0.25, -0.2) is 0 Å². The average molecular weight is 373 g/mol. The highest BCUT2D eigenvalue weighted by Gasteiger charge is 2.00. The van der Waals surface area contributed by atoms with Gasteiger partial charge in [-0.05, 0) is 55.7 Å². The monoisotopic (exact) mass is 372 g/mol. The van der Waals surface area contributed by atoms with Gasteiger partial charge in [0.2, 0.25) is 0 Å². The molecule has 0 saturated heterocycles. The van der Waals surface area contributed by atoms with Gasteiger partial charge in [-0.1, -0.05) is 24.3 Å². The lowest BCUT2D eigenvalue weighted by Crippen LogP contribution is -2.03. The first-order chi connectivity index (χ1) is 13.3. The predicted octanol–water partition coefficient (Wildman–Crippen LogP) is 4.89.